The second-order valence-corrected chi connectivity index (χ2v) is 3.44. The van der Waals surface area contributed by atoms with Crippen LogP contribution in [0.1, 0.15) is 0 Å². The van der Waals surface area contributed by atoms with Crippen LogP contribution in [0.25, 0.3) is 11.4 Å². The molecule has 0 atom stereocenters. The van der Waals surface area contributed by atoms with Gasteiger partial charge in [-0.1, -0.05) is 23.7 Å². The van der Waals surface area contributed by atoms with Gasteiger partial charge in [-0.2, -0.15) is 4.98 Å². The summed E-state index contributed by atoms with van der Waals surface area (Å²) in [5, 5.41) is 0.566. The van der Waals surface area contributed by atoms with Crippen molar-refractivity contribution < 1.29 is 4.74 Å². The Morgan fingerprint density at radius 3 is 2.88 bits per heavy atom. The molecular weight excluding hydrogens is 230 g/mol. The van der Waals surface area contributed by atoms with E-state index in [-0.39, 0.29) is 6.01 Å². The van der Waals surface area contributed by atoms with Crippen molar-refractivity contribution in [2.24, 2.45) is 0 Å². The third kappa shape index (κ3) is 2.20. The van der Waals surface area contributed by atoms with Crippen LogP contribution in [0.5, 0.6) is 6.01 Å². The molecule has 1 aromatic heterocycles. The topological polar surface area (TPSA) is 67.9 Å². The second-order valence-electron chi connectivity index (χ2n) is 3.00. The monoisotopic (exact) mass is 237 g/mol. The largest absolute Gasteiger partial charge is 0.467 e. The van der Waals surface area contributed by atoms with Gasteiger partial charge < -0.3 is 4.74 Å². The van der Waals surface area contributed by atoms with Crippen LogP contribution < -0.4 is 10.4 Å². The minimum atomic E-state index is -0.512. The summed E-state index contributed by atoms with van der Waals surface area (Å²) in [6, 6.07) is 7.01. The smallest absolute Gasteiger partial charge is 0.351 e. The van der Waals surface area contributed by atoms with Gasteiger partial charge in [0.15, 0.2) is 0 Å². The van der Waals surface area contributed by atoms with Crippen LogP contribution >= 0.6 is 11.6 Å². The first-order chi connectivity index (χ1) is 7.69. The fraction of sp³-hybridized carbons (Fsp3) is 0.100. The second kappa shape index (κ2) is 4.32. The van der Waals surface area contributed by atoms with Gasteiger partial charge in [0.05, 0.1) is 7.11 Å². The number of nitrogens with one attached hydrogen (secondary N) is 1. The molecule has 2 rings (SSSR count). The molecule has 2 aromatic rings. The van der Waals surface area contributed by atoms with E-state index in [1.165, 1.54) is 7.11 Å². The van der Waals surface area contributed by atoms with Crippen LogP contribution in [0.15, 0.2) is 29.1 Å². The molecule has 6 heteroatoms. The Morgan fingerprint density at radius 2 is 2.19 bits per heavy atom. The van der Waals surface area contributed by atoms with Crippen LogP contribution in [-0.2, 0) is 0 Å². The molecule has 1 aromatic carbocycles. The van der Waals surface area contributed by atoms with Gasteiger partial charge >= 0.3 is 11.7 Å². The molecule has 0 saturated carbocycles. The van der Waals surface area contributed by atoms with Crippen LogP contribution in [0.4, 0.5) is 0 Å². The lowest BCUT2D eigenvalue weighted by Crippen LogP contribution is -2.14. The van der Waals surface area contributed by atoms with Gasteiger partial charge in [0.2, 0.25) is 0 Å². The van der Waals surface area contributed by atoms with E-state index in [4.69, 9.17) is 16.3 Å². The van der Waals surface area contributed by atoms with Gasteiger partial charge in [-0.05, 0) is 12.1 Å². The summed E-state index contributed by atoms with van der Waals surface area (Å²) in [4.78, 5) is 21.3. The summed E-state index contributed by atoms with van der Waals surface area (Å²) < 4.78 is 4.81. The number of halogens is 1. The number of hydrogen-bond donors (Lipinski definition) is 1. The third-order valence-electron chi connectivity index (χ3n) is 1.91. The summed E-state index contributed by atoms with van der Waals surface area (Å²) in [6.45, 7) is 0. The molecule has 0 aliphatic carbocycles. The minimum absolute atomic E-state index is 0.0266. The predicted octanol–water partition coefficient (Wildman–Crippen LogP) is 1.49. The standard InChI is InChI=1S/C10H8ClN3O2/c1-16-10-13-8(12-9(15)14-10)6-3-2-4-7(11)5-6/h2-5H,1H3,(H,12,13,14,15). The van der Waals surface area contributed by atoms with Gasteiger partial charge in [0.25, 0.3) is 0 Å². The molecule has 1 N–H and O–H groups in total. The Balaban J connectivity index is 2.55. The molecule has 0 fully saturated rings. The number of aromatic nitrogens is 3. The van der Waals surface area contributed by atoms with Crippen molar-refractivity contribution in [2.45, 2.75) is 0 Å². The lowest BCUT2D eigenvalue weighted by molar-refractivity contribution is 0.377. The number of nitrogens with zero attached hydrogens (tertiary/aromatic N) is 2. The number of methoxy groups -OCH3 is 1. The number of H-pyrrole nitrogens is 1. The highest BCUT2D eigenvalue weighted by Gasteiger charge is 2.05. The Hall–Kier alpha value is -1.88. The van der Waals surface area contributed by atoms with Gasteiger partial charge in [0.1, 0.15) is 5.82 Å². The number of aromatic amines is 1. The van der Waals surface area contributed by atoms with E-state index >= 15 is 0 Å². The molecule has 0 amide bonds. The van der Waals surface area contributed by atoms with Gasteiger partial charge in [-0.15, -0.1) is 4.98 Å². The van der Waals surface area contributed by atoms with Crippen molar-refractivity contribution >= 4 is 11.6 Å². The van der Waals surface area contributed by atoms with Crippen molar-refractivity contribution in [3.05, 3.63) is 39.8 Å². The van der Waals surface area contributed by atoms with Crippen molar-refractivity contribution in [1.82, 2.24) is 15.0 Å². The minimum Gasteiger partial charge on any atom is -0.467 e. The van der Waals surface area contributed by atoms with E-state index in [0.717, 1.165) is 0 Å². The molecule has 16 heavy (non-hydrogen) atoms. The Morgan fingerprint density at radius 1 is 1.38 bits per heavy atom. The van der Waals surface area contributed by atoms with Crippen LogP contribution in [0.2, 0.25) is 5.02 Å². The highest BCUT2D eigenvalue weighted by molar-refractivity contribution is 6.30. The zero-order chi connectivity index (χ0) is 11.5. The molecule has 0 saturated heterocycles. The van der Waals surface area contributed by atoms with Gasteiger partial charge in [0, 0.05) is 10.6 Å². The van der Waals surface area contributed by atoms with Crippen molar-refractivity contribution in [2.75, 3.05) is 7.11 Å². The molecule has 1 heterocycles. The van der Waals surface area contributed by atoms with Crippen molar-refractivity contribution in [3.8, 4) is 17.4 Å². The summed E-state index contributed by atoms with van der Waals surface area (Å²) in [6.07, 6.45) is 0. The van der Waals surface area contributed by atoms with E-state index < -0.39 is 5.69 Å². The zero-order valence-corrected chi connectivity index (χ0v) is 9.15. The molecule has 0 radical (unpaired) electrons. The van der Waals surface area contributed by atoms with Crippen molar-refractivity contribution in [3.63, 3.8) is 0 Å². The summed E-state index contributed by atoms with van der Waals surface area (Å²) >= 11 is 5.84. The molecule has 0 spiro atoms. The number of hydrogen-bond acceptors (Lipinski definition) is 4. The fourth-order valence-corrected chi connectivity index (χ4v) is 1.42. The van der Waals surface area contributed by atoms with E-state index in [9.17, 15) is 4.79 Å². The van der Waals surface area contributed by atoms with E-state index in [1.54, 1.807) is 24.3 Å². The van der Waals surface area contributed by atoms with E-state index in [1.807, 2.05) is 0 Å². The Labute approximate surface area is 96.1 Å². The molecule has 0 aliphatic heterocycles. The molecule has 82 valence electrons. The lowest BCUT2D eigenvalue weighted by atomic mass is 10.2. The summed E-state index contributed by atoms with van der Waals surface area (Å²) in [7, 11) is 1.40. The average molecular weight is 238 g/mol. The molecule has 5 nitrogen and oxygen atoms in total. The summed E-state index contributed by atoms with van der Waals surface area (Å²) in [5.74, 6) is 0.374. The fourth-order valence-electron chi connectivity index (χ4n) is 1.23. The van der Waals surface area contributed by atoms with E-state index in [0.29, 0.717) is 16.4 Å². The molecular formula is C10H8ClN3O2. The first-order valence-electron chi connectivity index (χ1n) is 4.47. The van der Waals surface area contributed by atoms with Crippen LogP contribution in [0, 0.1) is 0 Å². The van der Waals surface area contributed by atoms with Crippen LogP contribution in [-0.4, -0.2) is 22.1 Å². The zero-order valence-electron chi connectivity index (χ0n) is 8.40. The SMILES string of the molecule is COc1nc(-c2cccc(Cl)c2)[nH]c(=O)n1. The predicted molar refractivity (Wildman–Crippen MR) is 59.7 cm³/mol. The Kier molecular flexibility index (Phi) is 2.87. The molecule has 0 unspecified atom stereocenters. The average Bonchev–Trinajstić information content (AvgIpc) is 2.28. The maximum Gasteiger partial charge on any atom is 0.351 e. The summed E-state index contributed by atoms with van der Waals surface area (Å²) in [5.41, 5.74) is 0.187. The third-order valence-corrected chi connectivity index (χ3v) is 2.15. The first-order valence-corrected chi connectivity index (χ1v) is 4.85. The van der Waals surface area contributed by atoms with Crippen molar-refractivity contribution in [1.29, 1.82) is 0 Å². The maximum absolute atomic E-state index is 11.2. The lowest BCUT2D eigenvalue weighted by Gasteiger charge is -2.02. The number of benzene rings is 1. The number of rotatable bonds is 2. The van der Waals surface area contributed by atoms with E-state index in [2.05, 4.69) is 15.0 Å². The molecule has 0 bridgehead atoms. The highest BCUT2D eigenvalue weighted by Crippen LogP contribution is 2.18. The first kappa shape index (κ1) is 10.6. The highest BCUT2D eigenvalue weighted by atomic mass is 35.5. The van der Waals surface area contributed by atoms with Gasteiger partial charge in [-0.25, -0.2) is 4.79 Å². The quantitative estimate of drug-likeness (QED) is 0.859. The van der Waals surface area contributed by atoms with Crippen LogP contribution in [0.3, 0.4) is 0 Å². The Bertz CT molecular complexity index is 568. The normalized spacial score (nSPS) is 10.1. The van der Waals surface area contributed by atoms with Gasteiger partial charge in [-0.3, -0.25) is 4.98 Å². The maximum atomic E-state index is 11.2. The number of ether oxygens (including phenoxy) is 1. The molecule has 0 aliphatic rings.